The quantitative estimate of drug-likeness (QED) is 0.739. The zero-order valence-corrected chi connectivity index (χ0v) is 13.5. The first-order chi connectivity index (χ1) is 10.5. The molecular weight excluding hydrogens is 282 g/mol. The smallest absolute Gasteiger partial charge is 0.319 e. The molecule has 0 aromatic carbocycles. The average molecular weight is 309 g/mol. The van der Waals surface area contributed by atoms with Crippen molar-refractivity contribution in [2.24, 2.45) is 0 Å². The molecule has 3 N–H and O–H groups in total. The SMILES string of the molecule is CC(C)(CO)NC(=O)Nc1cnn(CCN2CCCCC2)c1. The maximum absolute atomic E-state index is 11.8. The molecule has 1 aromatic rings. The van der Waals surface area contributed by atoms with E-state index in [4.69, 9.17) is 5.11 Å². The average Bonchev–Trinajstić information content (AvgIpc) is 2.93. The fraction of sp³-hybridized carbons (Fsp3) is 0.733. The highest BCUT2D eigenvalue weighted by Crippen LogP contribution is 2.10. The van der Waals surface area contributed by atoms with E-state index < -0.39 is 5.54 Å². The summed E-state index contributed by atoms with van der Waals surface area (Å²) >= 11 is 0. The molecule has 22 heavy (non-hydrogen) atoms. The van der Waals surface area contributed by atoms with Gasteiger partial charge in [0.1, 0.15) is 0 Å². The van der Waals surface area contributed by atoms with E-state index in [0.717, 1.165) is 13.1 Å². The van der Waals surface area contributed by atoms with Crippen molar-refractivity contribution in [3.05, 3.63) is 12.4 Å². The zero-order chi connectivity index (χ0) is 16.0. The maximum atomic E-state index is 11.8. The topological polar surface area (TPSA) is 82.4 Å². The summed E-state index contributed by atoms with van der Waals surface area (Å²) in [6.07, 6.45) is 7.38. The Hall–Kier alpha value is -1.60. The lowest BCUT2D eigenvalue weighted by atomic mass is 10.1. The van der Waals surface area contributed by atoms with Gasteiger partial charge in [0, 0.05) is 12.7 Å². The monoisotopic (exact) mass is 309 g/mol. The molecule has 0 atom stereocenters. The largest absolute Gasteiger partial charge is 0.394 e. The van der Waals surface area contributed by atoms with Crippen molar-refractivity contribution < 1.29 is 9.90 Å². The Kier molecular flexibility index (Phi) is 5.79. The van der Waals surface area contributed by atoms with E-state index in [1.807, 2.05) is 10.9 Å². The lowest BCUT2D eigenvalue weighted by Crippen LogP contribution is -2.48. The van der Waals surface area contributed by atoms with Gasteiger partial charge in [-0.25, -0.2) is 4.79 Å². The number of carbonyl (C=O) groups is 1. The van der Waals surface area contributed by atoms with Crippen LogP contribution in [-0.4, -0.2) is 57.6 Å². The number of hydrogen-bond acceptors (Lipinski definition) is 4. The lowest BCUT2D eigenvalue weighted by Gasteiger charge is -2.26. The summed E-state index contributed by atoms with van der Waals surface area (Å²) in [5, 5.41) is 18.8. The zero-order valence-electron chi connectivity index (χ0n) is 13.5. The van der Waals surface area contributed by atoms with Gasteiger partial charge >= 0.3 is 6.03 Å². The summed E-state index contributed by atoms with van der Waals surface area (Å²) in [6.45, 7) is 7.56. The number of likely N-dealkylation sites (tertiary alicyclic amines) is 1. The van der Waals surface area contributed by atoms with Crippen LogP contribution in [0.1, 0.15) is 33.1 Å². The van der Waals surface area contributed by atoms with Crippen molar-refractivity contribution in [2.75, 3.05) is 31.6 Å². The number of anilines is 1. The Morgan fingerprint density at radius 1 is 1.32 bits per heavy atom. The van der Waals surface area contributed by atoms with E-state index in [0.29, 0.717) is 5.69 Å². The summed E-state index contributed by atoms with van der Waals surface area (Å²) in [7, 11) is 0. The first kappa shape index (κ1) is 16.8. The van der Waals surface area contributed by atoms with Crippen LogP contribution in [0.4, 0.5) is 10.5 Å². The molecule has 2 heterocycles. The van der Waals surface area contributed by atoms with E-state index in [9.17, 15) is 4.79 Å². The van der Waals surface area contributed by atoms with Gasteiger partial charge in [-0.3, -0.25) is 4.68 Å². The van der Waals surface area contributed by atoms with Crippen molar-refractivity contribution in [3.63, 3.8) is 0 Å². The summed E-state index contributed by atoms with van der Waals surface area (Å²) < 4.78 is 1.85. The summed E-state index contributed by atoms with van der Waals surface area (Å²) in [5.74, 6) is 0. The van der Waals surface area contributed by atoms with Gasteiger partial charge in [0.15, 0.2) is 0 Å². The van der Waals surface area contributed by atoms with Gasteiger partial charge < -0.3 is 20.6 Å². The van der Waals surface area contributed by atoms with Crippen LogP contribution in [-0.2, 0) is 6.54 Å². The number of nitrogens with zero attached hydrogens (tertiary/aromatic N) is 3. The van der Waals surface area contributed by atoms with E-state index in [1.165, 1.54) is 32.4 Å². The summed E-state index contributed by atoms with van der Waals surface area (Å²) in [4.78, 5) is 14.3. The molecule has 0 unspecified atom stereocenters. The Morgan fingerprint density at radius 2 is 2.05 bits per heavy atom. The molecule has 124 valence electrons. The number of piperidine rings is 1. The van der Waals surface area contributed by atoms with Gasteiger partial charge in [0.2, 0.25) is 0 Å². The molecule has 1 aliphatic rings. The third-order valence-corrected chi connectivity index (χ3v) is 3.83. The Balaban J connectivity index is 1.77. The Bertz CT molecular complexity index is 480. The molecule has 1 aromatic heterocycles. The van der Waals surface area contributed by atoms with Crippen LogP contribution in [0.5, 0.6) is 0 Å². The van der Waals surface area contributed by atoms with Crippen molar-refractivity contribution in [1.82, 2.24) is 20.0 Å². The Labute approximate surface area is 131 Å². The molecule has 0 spiro atoms. The number of aliphatic hydroxyl groups excluding tert-OH is 1. The van der Waals surface area contributed by atoms with Gasteiger partial charge in [-0.1, -0.05) is 6.42 Å². The Morgan fingerprint density at radius 3 is 2.73 bits per heavy atom. The highest BCUT2D eigenvalue weighted by molar-refractivity contribution is 5.89. The highest BCUT2D eigenvalue weighted by atomic mass is 16.3. The fourth-order valence-electron chi connectivity index (χ4n) is 2.49. The minimum Gasteiger partial charge on any atom is -0.394 e. The number of aromatic nitrogens is 2. The molecule has 0 saturated carbocycles. The molecule has 1 fully saturated rings. The highest BCUT2D eigenvalue weighted by Gasteiger charge is 2.19. The van der Waals surface area contributed by atoms with Crippen LogP contribution >= 0.6 is 0 Å². The molecule has 1 saturated heterocycles. The predicted molar refractivity (Wildman–Crippen MR) is 85.8 cm³/mol. The second-order valence-electron chi connectivity index (χ2n) is 6.52. The van der Waals surface area contributed by atoms with Gasteiger partial charge in [0.25, 0.3) is 0 Å². The molecule has 2 rings (SSSR count). The molecule has 7 heteroatoms. The molecule has 1 aliphatic heterocycles. The van der Waals surface area contributed by atoms with Crippen molar-refractivity contribution >= 4 is 11.7 Å². The molecule has 0 bridgehead atoms. The van der Waals surface area contributed by atoms with Crippen LogP contribution in [0.25, 0.3) is 0 Å². The van der Waals surface area contributed by atoms with Gasteiger partial charge in [-0.05, 0) is 39.8 Å². The first-order valence-corrected chi connectivity index (χ1v) is 7.93. The van der Waals surface area contributed by atoms with E-state index in [2.05, 4.69) is 20.6 Å². The summed E-state index contributed by atoms with van der Waals surface area (Å²) in [5.41, 5.74) is 0.0128. The summed E-state index contributed by atoms with van der Waals surface area (Å²) in [6, 6.07) is -0.338. The van der Waals surface area contributed by atoms with Crippen molar-refractivity contribution in [2.45, 2.75) is 45.2 Å². The van der Waals surface area contributed by atoms with E-state index >= 15 is 0 Å². The van der Waals surface area contributed by atoms with Crippen molar-refractivity contribution in [1.29, 1.82) is 0 Å². The van der Waals surface area contributed by atoms with Crippen LogP contribution in [0.2, 0.25) is 0 Å². The van der Waals surface area contributed by atoms with Crippen molar-refractivity contribution in [3.8, 4) is 0 Å². The molecular formula is C15H27N5O2. The minimum atomic E-state index is -0.645. The predicted octanol–water partition coefficient (Wildman–Crippen LogP) is 1.26. The number of hydrogen-bond donors (Lipinski definition) is 3. The fourth-order valence-corrected chi connectivity index (χ4v) is 2.49. The number of urea groups is 1. The van der Waals surface area contributed by atoms with Gasteiger partial charge in [-0.2, -0.15) is 5.10 Å². The van der Waals surface area contributed by atoms with E-state index in [1.54, 1.807) is 20.0 Å². The number of aliphatic hydroxyl groups is 1. The number of amides is 2. The number of carbonyl (C=O) groups excluding carboxylic acids is 1. The minimum absolute atomic E-state index is 0.116. The standard InChI is InChI=1S/C15H27N5O2/c1-15(2,12-21)18-14(22)17-13-10-16-20(11-13)9-8-19-6-4-3-5-7-19/h10-11,21H,3-9,12H2,1-2H3,(H2,17,18,22). The first-order valence-electron chi connectivity index (χ1n) is 7.93. The van der Waals surface area contributed by atoms with Crippen LogP contribution in [0.3, 0.4) is 0 Å². The van der Waals surface area contributed by atoms with E-state index in [-0.39, 0.29) is 12.6 Å². The number of nitrogens with one attached hydrogen (secondary N) is 2. The maximum Gasteiger partial charge on any atom is 0.319 e. The third kappa shape index (κ3) is 5.31. The van der Waals surface area contributed by atoms with Crippen LogP contribution in [0, 0.1) is 0 Å². The molecule has 0 aliphatic carbocycles. The molecule has 0 radical (unpaired) electrons. The van der Waals surface area contributed by atoms with Crippen LogP contribution < -0.4 is 10.6 Å². The molecule has 2 amide bonds. The second-order valence-corrected chi connectivity index (χ2v) is 6.52. The number of rotatable bonds is 6. The van der Waals surface area contributed by atoms with Crippen LogP contribution in [0.15, 0.2) is 12.4 Å². The third-order valence-electron chi connectivity index (χ3n) is 3.83. The van der Waals surface area contributed by atoms with Gasteiger partial charge in [-0.15, -0.1) is 0 Å². The lowest BCUT2D eigenvalue weighted by molar-refractivity contribution is 0.187. The normalized spacial score (nSPS) is 16.5. The molecule has 7 nitrogen and oxygen atoms in total. The van der Waals surface area contributed by atoms with Gasteiger partial charge in [0.05, 0.1) is 30.6 Å². The second kappa shape index (κ2) is 7.60.